The molecule has 1 heterocycles. The molecule has 3 heteroatoms. The van der Waals surface area contributed by atoms with Crippen molar-refractivity contribution in [3.05, 3.63) is 29.8 Å². The molecule has 0 spiro atoms. The highest BCUT2D eigenvalue weighted by atomic mass is 19.1. The Balaban J connectivity index is 2.66. The van der Waals surface area contributed by atoms with Crippen molar-refractivity contribution in [3.8, 4) is 12.3 Å². The maximum Gasteiger partial charge on any atom is 0.213 e. The summed E-state index contributed by atoms with van der Waals surface area (Å²) >= 11 is 0. The van der Waals surface area contributed by atoms with Gasteiger partial charge in [0.2, 0.25) is 5.95 Å². The van der Waals surface area contributed by atoms with Gasteiger partial charge in [-0.3, -0.25) is 5.32 Å². The second-order valence-corrected chi connectivity index (χ2v) is 2.72. The SMILES string of the molecule is C#CCNC(C)c1ccnc(F)c1. The predicted octanol–water partition coefficient (Wildman–Crippen LogP) is 1.50. The highest BCUT2D eigenvalue weighted by molar-refractivity contribution is 5.15. The summed E-state index contributed by atoms with van der Waals surface area (Å²) in [6.07, 6.45) is 6.53. The third-order valence-electron chi connectivity index (χ3n) is 1.76. The van der Waals surface area contributed by atoms with E-state index >= 15 is 0 Å². The van der Waals surface area contributed by atoms with E-state index in [1.165, 1.54) is 12.3 Å². The highest BCUT2D eigenvalue weighted by Gasteiger charge is 2.04. The molecule has 1 rings (SSSR count). The number of terminal acetylenes is 1. The third-order valence-corrected chi connectivity index (χ3v) is 1.76. The predicted molar refractivity (Wildman–Crippen MR) is 49.4 cm³/mol. The van der Waals surface area contributed by atoms with Crippen LogP contribution in [0.1, 0.15) is 18.5 Å². The monoisotopic (exact) mass is 178 g/mol. The molecule has 0 aliphatic carbocycles. The van der Waals surface area contributed by atoms with Gasteiger partial charge in [0.05, 0.1) is 6.54 Å². The van der Waals surface area contributed by atoms with E-state index in [1.807, 2.05) is 6.92 Å². The van der Waals surface area contributed by atoms with Gasteiger partial charge in [0.15, 0.2) is 0 Å². The Morgan fingerprint density at radius 1 is 1.77 bits per heavy atom. The Hall–Kier alpha value is -1.40. The molecule has 1 N–H and O–H groups in total. The number of halogens is 1. The van der Waals surface area contributed by atoms with Crippen LogP contribution in [-0.4, -0.2) is 11.5 Å². The molecule has 1 aromatic rings. The van der Waals surface area contributed by atoms with Gasteiger partial charge in [0, 0.05) is 12.2 Å². The Morgan fingerprint density at radius 3 is 3.15 bits per heavy atom. The standard InChI is InChI=1S/C10H11FN2/c1-3-5-12-8(2)9-4-6-13-10(11)7-9/h1,4,6-8,12H,5H2,2H3. The average Bonchev–Trinajstić information content (AvgIpc) is 2.14. The van der Waals surface area contributed by atoms with E-state index in [9.17, 15) is 4.39 Å². The van der Waals surface area contributed by atoms with Crippen LogP contribution in [0.2, 0.25) is 0 Å². The molecule has 1 atom stereocenters. The van der Waals surface area contributed by atoms with Gasteiger partial charge in [-0.1, -0.05) is 5.92 Å². The summed E-state index contributed by atoms with van der Waals surface area (Å²) in [4.78, 5) is 3.47. The topological polar surface area (TPSA) is 24.9 Å². The number of nitrogens with one attached hydrogen (secondary N) is 1. The van der Waals surface area contributed by atoms with E-state index in [0.29, 0.717) is 6.54 Å². The minimum atomic E-state index is -0.466. The second kappa shape index (κ2) is 4.58. The zero-order valence-corrected chi connectivity index (χ0v) is 7.42. The molecule has 0 bridgehead atoms. The number of rotatable bonds is 3. The number of nitrogens with zero attached hydrogens (tertiary/aromatic N) is 1. The lowest BCUT2D eigenvalue weighted by Crippen LogP contribution is -2.18. The zero-order valence-electron chi connectivity index (χ0n) is 7.42. The first-order valence-electron chi connectivity index (χ1n) is 4.02. The molecular formula is C10H11FN2. The molecule has 0 amide bonds. The Labute approximate surface area is 77.2 Å². The highest BCUT2D eigenvalue weighted by Crippen LogP contribution is 2.10. The van der Waals surface area contributed by atoms with Gasteiger partial charge in [-0.25, -0.2) is 4.98 Å². The van der Waals surface area contributed by atoms with Crippen LogP contribution < -0.4 is 5.32 Å². The summed E-state index contributed by atoms with van der Waals surface area (Å²) in [7, 11) is 0. The lowest BCUT2D eigenvalue weighted by Gasteiger charge is -2.11. The number of hydrogen-bond acceptors (Lipinski definition) is 2. The van der Waals surface area contributed by atoms with E-state index < -0.39 is 5.95 Å². The van der Waals surface area contributed by atoms with Crippen LogP contribution in [0.4, 0.5) is 4.39 Å². The molecule has 2 nitrogen and oxygen atoms in total. The molecule has 0 radical (unpaired) electrons. The summed E-state index contributed by atoms with van der Waals surface area (Å²) in [5.74, 6) is 2.00. The fraction of sp³-hybridized carbons (Fsp3) is 0.300. The second-order valence-electron chi connectivity index (χ2n) is 2.72. The molecule has 0 aromatic carbocycles. The van der Waals surface area contributed by atoms with E-state index in [1.54, 1.807) is 6.07 Å². The summed E-state index contributed by atoms with van der Waals surface area (Å²) in [6.45, 7) is 2.40. The Bertz CT molecular complexity index is 317. The third kappa shape index (κ3) is 2.85. The first-order valence-corrected chi connectivity index (χ1v) is 4.02. The maximum atomic E-state index is 12.7. The van der Waals surface area contributed by atoms with E-state index in [2.05, 4.69) is 16.2 Å². The Kier molecular flexibility index (Phi) is 3.41. The van der Waals surface area contributed by atoms with Gasteiger partial charge in [-0.15, -0.1) is 6.42 Å². The van der Waals surface area contributed by atoms with Gasteiger partial charge >= 0.3 is 0 Å². The van der Waals surface area contributed by atoms with Crippen molar-refractivity contribution in [2.75, 3.05) is 6.54 Å². The van der Waals surface area contributed by atoms with Crippen molar-refractivity contribution in [1.82, 2.24) is 10.3 Å². The zero-order chi connectivity index (χ0) is 9.68. The molecular weight excluding hydrogens is 167 g/mol. The van der Waals surface area contributed by atoms with Crippen molar-refractivity contribution < 1.29 is 4.39 Å². The van der Waals surface area contributed by atoms with Crippen LogP contribution in [0.15, 0.2) is 18.3 Å². The lowest BCUT2D eigenvalue weighted by molar-refractivity contribution is 0.567. The fourth-order valence-electron chi connectivity index (χ4n) is 1.02. The normalized spacial score (nSPS) is 12.1. The smallest absolute Gasteiger partial charge is 0.213 e. The van der Waals surface area contributed by atoms with Crippen molar-refractivity contribution >= 4 is 0 Å². The van der Waals surface area contributed by atoms with Crippen LogP contribution in [-0.2, 0) is 0 Å². The molecule has 13 heavy (non-hydrogen) atoms. The van der Waals surface area contributed by atoms with Crippen LogP contribution >= 0.6 is 0 Å². The molecule has 68 valence electrons. The summed E-state index contributed by atoms with van der Waals surface area (Å²) in [5, 5.41) is 3.05. The number of pyridine rings is 1. The van der Waals surface area contributed by atoms with Crippen LogP contribution in [0, 0.1) is 18.3 Å². The van der Waals surface area contributed by atoms with Crippen LogP contribution in [0.3, 0.4) is 0 Å². The van der Waals surface area contributed by atoms with E-state index in [0.717, 1.165) is 5.56 Å². The first kappa shape index (κ1) is 9.69. The molecule has 0 saturated carbocycles. The Morgan fingerprint density at radius 2 is 2.54 bits per heavy atom. The average molecular weight is 178 g/mol. The lowest BCUT2D eigenvalue weighted by atomic mass is 10.1. The minimum absolute atomic E-state index is 0.0496. The molecule has 1 unspecified atom stereocenters. The molecule has 0 aliphatic rings. The molecule has 1 aromatic heterocycles. The van der Waals surface area contributed by atoms with Gasteiger partial charge in [0.25, 0.3) is 0 Å². The number of aromatic nitrogens is 1. The minimum Gasteiger partial charge on any atom is -0.300 e. The first-order chi connectivity index (χ1) is 6.24. The maximum absolute atomic E-state index is 12.7. The summed E-state index contributed by atoms with van der Waals surface area (Å²) in [6, 6.07) is 3.21. The largest absolute Gasteiger partial charge is 0.300 e. The molecule has 0 aliphatic heterocycles. The van der Waals surface area contributed by atoms with Gasteiger partial charge < -0.3 is 0 Å². The van der Waals surface area contributed by atoms with Crippen LogP contribution in [0.5, 0.6) is 0 Å². The van der Waals surface area contributed by atoms with Crippen molar-refractivity contribution in [2.45, 2.75) is 13.0 Å². The van der Waals surface area contributed by atoms with Crippen molar-refractivity contribution in [2.24, 2.45) is 0 Å². The van der Waals surface area contributed by atoms with Gasteiger partial charge in [-0.2, -0.15) is 4.39 Å². The van der Waals surface area contributed by atoms with Crippen molar-refractivity contribution in [3.63, 3.8) is 0 Å². The van der Waals surface area contributed by atoms with Crippen molar-refractivity contribution in [1.29, 1.82) is 0 Å². The molecule has 0 saturated heterocycles. The quantitative estimate of drug-likeness (QED) is 0.560. The van der Waals surface area contributed by atoms with Gasteiger partial charge in [0.1, 0.15) is 0 Å². The van der Waals surface area contributed by atoms with E-state index in [4.69, 9.17) is 6.42 Å². The summed E-state index contributed by atoms with van der Waals surface area (Å²) in [5.41, 5.74) is 0.850. The summed E-state index contributed by atoms with van der Waals surface area (Å²) < 4.78 is 12.7. The van der Waals surface area contributed by atoms with E-state index in [-0.39, 0.29) is 6.04 Å². The molecule has 0 fully saturated rings. The van der Waals surface area contributed by atoms with Crippen LogP contribution in [0.25, 0.3) is 0 Å². The van der Waals surface area contributed by atoms with Gasteiger partial charge in [-0.05, 0) is 24.6 Å². The number of hydrogen-bond donors (Lipinski definition) is 1. The fourth-order valence-corrected chi connectivity index (χ4v) is 1.02.